The van der Waals surface area contributed by atoms with E-state index in [1.54, 1.807) is 0 Å². The number of hydrogen-bond donors (Lipinski definition) is 1. The Morgan fingerprint density at radius 1 is 1.40 bits per heavy atom. The first-order valence-electron chi connectivity index (χ1n) is 7.50. The van der Waals surface area contributed by atoms with Crippen LogP contribution in [0.5, 0.6) is 0 Å². The standard InChI is InChI=1S/C14H26F3NO2/c1-2-8-18-12(10-19-11-14(15,16)17)5-3-6-13-7-4-9-20-13/h12-13,18H,2-11H2,1H3. The van der Waals surface area contributed by atoms with Crippen molar-refractivity contribution in [3.05, 3.63) is 0 Å². The van der Waals surface area contributed by atoms with Crippen molar-refractivity contribution in [3.8, 4) is 0 Å². The SMILES string of the molecule is CCCNC(CCCC1CCCO1)COCC(F)(F)F. The molecule has 1 saturated heterocycles. The zero-order valence-electron chi connectivity index (χ0n) is 12.2. The lowest BCUT2D eigenvalue weighted by Gasteiger charge is -2.20. The number of nitrogens with one attached hydrogen (secondary N) is 1. The predicted molar refractivity (Wildman–Crippen MR) is 71.8 cm³/mol. The normalized spacial score (nSPS) is 21.3. The van der Waals surface area contributed by atoms with Gasteiger partial charge in [-0.25, -0.2) is 0 Å². The van der Waals surface area contributed by atoms with Crippen molar-refractivity contribution in [2.75, 3.05) is 26.4 Å². The quantitative estimate of drug-likeness (QED) is 0.671. The molecule has 1 fully saturated rings. The van der Waals surface area contributed by atoms with Crippen molar-refractivity contribution in [2.45, 2.75) is 63.8 Å². The van der Waals surface area contributed by atoms with Crippen LogP contribution in [-0.2, 0) is 9.47 Å². The molecule has 0 radical (unpaired) electrons. The lowest BCUT2D eigenvalue weighted by Crippen LogP contribution is -2.35. The molecular formula is C14H26F3NO2. The highest BCUT2D eigenvalue weighted by atomic mass is 19.4. The van der Waals surface area contributed by atoms with Gasteiger partial charge in [-0.1, -0.05) is 6.92 Å². The van der Waals surface area contributed by atoms with E-state index >= 15 is 0 Å². The van der Waals surface area contributed by atoms with Crippen LogP contribution in [0.15, 0.2) is 0 Å². The van der Waals surface area contributed by atoms with E-state index in [-0.39, 0.29) is 12.6 Å². The molecule has 1 heterocycles. The highest BCUT2D eigenvalue weighted by molar-refractivity contribution is 4.70. The van der Waals surface area contributed by atoms with Gasteiger partial charge in [0.1, 0.15) is 6.61 Å². The molecule has 1 N–H and O–H groups in total. The van der Waals surface area contributed by atoms with Crippen molar-refractivity contribution >= 4 is 0 Å². The Hall–Kier alpha value is -0.330. The van der Waals surface area contributed by atoms with Gasteiger partial charge in [0.2, 0.25) is 0 Å². The fourth-order valence-electron chi connectivity index (χ4n) is 2.37. The molecule has 0 aromatic carbocycles. The molecule has 0 aromatic rings. The average molecular weight is 297 g/mol. The first-order chi connectivity index (χ1) is 9.51. The summed E-state index contributed by atoms with van der Waals surface area (Å²) in [5.74, 6) is 0. The molecular weight excluding hydrogens is 271 g/mol. The van der Waals surface area contributed by atoms with Gasteiger partial charge in [0.15, 0.2) is 0 Å². The first kappa shape index (κ1) is 17.7. The molecule has 2 unspecified atom stereocenters. The summed E-state index contributed by atoms with van der Waals surface area (Å²) in [7, 11) is 0. The zero-order chi connectivity index (χ0) is 14.8. The molecule has 20 heavy (non-hydrogen) atoms. The molecule has 0 spiro atoms. The van der Waals surface area contributed by atoms with Crippen molar-refractivity contribution in [1.29, 1.82) is 0 Å². The summed E-state index contributed by atoms with van der Waals surface area (Å²) >= 11 is 0. The monoisotopic (exact) mass is 297 g/mol. The second-order valence-electron chi connectivity index (χ2n) is 5.35. The van der Waals surface area contributed by atoms with Gasteiger partial charge in [-0.2, -0.15) is 13.2 Å². The topological polar surface area (TPSA) is 30.5 Å². The summed E-state index contributed by atoms with van der Waals surface area (Å²) in [6.07, 6.45) is 2.07. The molecule has 0 bridgehead atoms. The summed E-state index contributed by atoms with van der Waals surface area (Å²) in [4.78, 5) is 0. The minimum absolute atomic E-state index is 0.00120. The van der Waals surface area contributed by atoms with Crippen LogP contribution in [0.3, 0.4) is 0 Å². The van der Waals surface area contributed by atoms with Gasteiger partial charge in [0.05, 0.1) is 12.7 Å². The maximum atomic E-state index is 12.1. The molecule has 0 amide bonds. The lowest BCUT2D eigenvalue weighted by molar-refractivity contribution is -0.175. The summed E-state index contributed by atoms with van der Waals surface area (Å²) in [5.41, 5.74) is 0. The lowest BCUT2D eigenvalue weighted by atomic mass is 10.1. The van der Waals surface area contributed by atoms with E-state index in [0.29, 0.717) is 6.10 Å². The number of rotatable bonds is 10. The third-order valence-corrected chi connectivity index (χ3v) is 3.37. The molecule has 120 valence electrons. The zero-order valence-corrected chi connectivity index (χ0v) is 12.2. The minimum atomic E-state index is -4.24. The average Bonchev–Trinajstić information content (AvgIpc) is 2.87. The van der Waals surface area contributed by atoms with Crippen LogP contribution in [0, 0.1) is 0 Å². The van der Waals surface area contributed by atoms with Gasteiger partial charge in [0.25, 0.3) is 0 Å². The first-order valence-corrected chi connectivity index (χ1v) is 7.50. The van der Waals surface area contributed by atoms with Crippen molar-refractivity contribution in [2.24, 2.45) is 0 Å². The molecule has 0 aliphatic carbocycles. The second-order valence-corrected chi connectivity index (χ2v) is 5.35. The van der Waals surface area contributed by atoms with Gasteiger partial charge >= 0.3 is 6.18 Å². The van der Waals surface area contributed by atoms with E-state index in [9.17, 15) is 13.2 Å². The van der Waals surface area contributed by atoms with Crippen LogP contribution in [0.25, 0.3) is 0 Å². The predicted octanol–water partition coefficient (Wildman–Crippen LogP) is 3.28. The fourth-order valence-corrected chi connectivity index (χ4v) is 2.37. The smallest absolute Gasteiger partial charge is 0.378 e. The van der Waals surface area contributed by atoms with Crippen LogP contribution in [-0.4, -0.2) is 44.7 Å². The van der Waals surface area contributed by atoms with E-state index < -0.39 is 12.8 Å². The van der Waals surface area contributed by atoms with Crippen molar-refractivity contribution < 1.29 is 22.6 Å². The van der Waals surface area contributed by atoms with E-state index in [4.69, 9.17) is 9.47 Å². The van der Waals surface area contributed by atoms with E-state index in [0.717, 1.165) is 51.7 Å². The van der Waals surface area contributed by atoms with E-state index in [2.05, 4.69) is 5.32 Å². The molecule has 1 rings (SSSR count). The van der Waals surface area contributed by atoms with Crippen LogP contribution in [0.4, 0.5) is 13.2 Å². The number of halogens is 3. The van der Waals surface area contributed by atoms with Gasteiger partial charge in [-0.05, 0) is 45.1 Å². The number of alkyl halides is 3. The van der Waals surface area contributed by atoms with Crippen LogP contribution >= 0.6 is 0 Å². The van der Waals surface area contributed by atoms with Crippen molar-refractivity contribution in [3.63, 3.8) is 0 Å². The van der Waals surface area contributed by atoms with E-state index in [1.807, 2.05) is 6.92 Å². The molecule has 6 heteroatoms. The molecule has 0 saturated carbocycles. The third-order valence-electron chi connectivity index (χ3n) is 3.37. The Morgan fingerprint density at radius 2 is 2.20 bits per heavy atom. The van der Waals surface area contributed by atoms with Crippen LogP contribution in [0.1, 0.15) is 45.4 Å². The van der Waals surface area contributed by atoms with Gasteiger partial charge < -0.3 is 14.8 Å². The molecule has 3 nitrogen and oxygen atoms in total. The highest BCUT2D eigenvalue weighted by Crippen LogP contribution is 2.19. The largest absolute Gasteiger partial charge is 0.411 e. The summed E-state index contributed by atoms with van der Waals surface area (Å²) in [6.45, 7) is 2.64. The molecule has 0 aromatic heterocycles. The highest BCUT2D eigenvalue weighted by Gasteiger charge is 2.27. The van der Waals surface area contributed by atoms with Crippen LogP contribution in [0.2, 0.25) is 0 Å². The molecule has 2 atom stereocenters. The van der Waals surface area contributed by atoms with Gasteiger partial charge in [-0.15, -0.1) is 0 Å². The number of ether oxygens (including phenoxy) is 2. The Labute approximate surface area is 119 Å². The van der Waals surface area contributed by atoms with Crippen molar-refractivity contribution in [1.82, 2.24) is 5.32 Å². The van der Waals surface area contributed by atoms with Crippen LogP contribution < -0.4 is 5.32 Å². The van der Waals surface area contributed by atoms with E-state index in [1.165, 1.54) is 0 Å². The number of hydrogen-bond acceptors (Lipinski definition) is 3. The minimum Gasteiger partial charge on any atom is -0.378 e. The maximum Gasteiger partial charge on any atom is 0.411 e. The summed E-state index contributed by atoms with van der Waals surface area (Å²) in [6, 6.07) is -0.00120. The third kappa shape index (κ3) is 8.76. The Bertz CT molecular complexity index is 243. The van der Waals surface area contributed by atoms with Gasteiger partial charge in [-0.3, -0.25) is 0 Å². The Morgan fingerprint density at radius 3 is 2.80 bits per heavy atom. The fraction of sp³-hybridized carbons (Fsp3) is 1.00. The summed E-state index contributed by atoms with van der Waals surface area (Å²) in [5, 5.41) is 3.25. The molecule has 1 aliphatic heterocycles. The summed E-state index contributed by atoms with van der Waals surface area (Å²) < 4.78 is 46.5. The molecule has 1 aliphatic rings. The van der Waals surface area contributed by atoms with Gasteiger partial charge in [0, 0.05) is 12.6 Å². The Kier molecular flexibility index (Phi) is 8.49. The Balaban J connectivity index is 2.16. The maximum absolute atomic E-state index is 12.1. The second kappa shape index (κ2) is 9.58.